The van der Waals surface area contributed by atoms with Gasteiger partial charge >= 0.3 is 0 Å². The molecule has 1 N–H and O–H groups in total. The van der Waals surface area contributed by atoms with Gasteiger partial charge in [-0.05, 0) is 60.7 Å². The molecule has 8 nitrogen and oxygen atoms in total. The summed E-state index contributed by atoms with van der Waals surface area (Å²) < 4.78 is 17.0. The molecule has 0 spiro atoms. The molecule has 10 heteroatoms. The lowest BCUT2D eigenvalue weighted by atomic mass is 10.1. The van der Waals surface area contributed by atoms with E-state index < -0.39 is 5.91 Å². The molecule has 2 heterocycles. The van der Waals surface area contributed by atoms with Crippen LogP contribution in [0.25, 0.3) is 6.08 Å². The van der Waals surface area contributed by atoms with Crippen molar-refractivity contribution in [1.29, 1.82) is 5.41 Å². The Morgan fingerprint density at radius 1 is 1.03 bits per heavy atom. The first kappa shape index (κ1) is 25.6. The summed E-state index contributed by atoms with van der Waals surface area (Å²) in [4.78, 5) is 17.0. The van der Waals surface area contributed by atoms with E-state index in [-0.39, 0.29) is 11.4 Å². The average molecular weight is 547 g/mol. The summed E-state index contributed by atoms with van der Waals surface area (Å²) in [5.74, 6) is 1.22. The van der Waals surface area contributed by atoms with E-state index >= 15 is 0 Å². The number of carbonyl (C=O) groups is 1. The Balaban J connectivity index is 1.29. The summed E-state index contributed by atoms with van der Waals surface area (Å²) in [7, 11) is 1.54. The summed E-state index contributed by atoms with van der Waals surface area (Å²) in [6.07, 6.45) is 1.59. The van der Waals surface area contributed by atoms with Crippen LogP contribution < -0.4 is 14.2 Å². The number of fused-ring (bicyclic) bond motifs is 1. The van der Waals surface area contributed by atoms with Crippen LogP contribution >= 0.6 is 23.4 Å². The van der Waals surface area contributed by atoms with Gasteiger partial charge in [-0.25, -0.2) is 0 Å². The summed E-state index contributed by atoms with van der Waals surface area (Å²) >= 11 is 7.50. The molecule has 1 amide bonds. The minimum atomic E-state index is -0.517. The molecule has 0 aliphatic carbocycles. The highest BCUT2D eigenvalue weighted by Gasteiger charge is 2.36. The second kappa shape index (κ2) is 11.1. The number of hydrogen-bond donors (Lipinski definition) is 1. The standard InChI is InChI=1S/C28H23ClN4O4S/c1-17-7-10-19(11-8-17)36-13-14-37-23-12-9-18(16-24(23)35-2)15-21-25(30)33-28(31-26(21)34)38-27(32-33)20-5-3-4-6-22(20)29/h3-12,15-16,30H,13-14H2,1-2H3/b21-15+,30-25?. The first-order valence-electron chi connectivity index (χ1n) is 11.7. The molecule has 3 aromatic rings. The van der Waals surface area contributed by atoms with Gasteiger partial charge in [-0.15, -0.1) is 0 Å². The highest BCUT2D eigenvalue weighted by atomic mass is 35.5. The second-order valence-electron chi connectivity index (χ2n) is 8.33. The Morgan fingerprint density at radius 2 is 1.79 bits per heavy atom. The van der Waals surface area contributed by atoms with Crippen LogP contribution in [0, 0.1) is 12.3 Å². The van der Waals surface area contributed by atoms with Crippen molar-refractivity contribution in [3.8, 4) is 17.2 Å². The van der Waals surface area contributed by atoms with Crippen LogP contribution in [-0.2, 0) is 4.79 Å². The van der Waals surface area contributed by atoms with Crippen molar-refractivity contribution in [3.63, 3.8) is 0 Å². The van der Waals surface area contributed by atoms with Crippen molar-refractivity contribution in [2.75, 3.05) is 20.3 Å². The second-order valence-corrected chi connectivity index (χ2v) is 9.69. The maximum atomic E-state index is 12.8. The number of halogens is 1. The Bertz CT molecular complexity index is 1500. The minimum Gasteiger partial charge on any atom is -0.493 e. The molecule has 0 bridgehead atoms. The number of amides is 1. The van der Waals surface area contributed by atoms with E-state index in [1.807, 2.05) is 49.4 Å². The van der Waals surface area contributed by atoms with Crippen LogP contribution in [0.4, 0.5) is 0 Å². The molecule has 0 unspecified atom stereocenters. The Morgan fingerprint density at radius 3 is 2.55 bits per heavy atom. The van der Waals surface area contributed by atoms with E-state index in [4.69, 9.17) is 31.2 Å². The van der Waals surface area contributed by atoms with Crippen molar-refractivity contribution >= 4 is 51.4 Å². The number of aliphatic imine (C=N–C) groups is 1. The third-order valence-corrected chi connectivity index (χ3v) is 6.96. The first-order valence-corrected chi connectivity index (χ1v) is 12.9. The quantitative estimate of drug-likeness (QED) is 0.284. The Hall–Kier alpha value is -4.08. The van der Waals surface area contributed by atoms with Gasteiger partial charge in [0.2, 0.25) is 5.17 Å². The maximum Gasteiger partial charge on any atom is 0.283 e. The fourth-order valence-electron chi connectivity index (χ4n) is 3.74. The number of benzene rings is 3. The monoisotopic (exact) mass is 546 g/mol. The summed E-state index contributed by atoms with van der Waals surface area (Å²) in [6, 6.07) is 20.3. The highest BCUT2D eigenvalue weighted by molar-refractivity contribution is 8.27. The zero-order valence-electron chi connectivity index (χ0n) is 20.6. The number of ether oxygens (including phenoxy) is 3. The molecule has 192 valence electrons. The van der Waals surface area contributed by atoms with Gasteiger partial charge in [0.25, 0.3) is 5.91 Å². The van der Waals surface area contributed by atoms with Crippen LogP contribution in [0.3, 0.4) is 0 Å². The average Bonchev–Trinajstić information content (AvgIpc) is 3.34. The topological polar surface area (TPSA) is 96.6 Å². The number of aryl methyl sites for hydroxylation is 1. The predicted octanol–water partition coefficient (Wildman–Crippen LogP) is 5.78. The van der Waals surface area contributed by atoms with Crippen molar-refractivity contribution in [3.05, 3.63) is 94.0 Å². The van der Waals surface area contributed by atoms with Crippen LogP contribution in [0.1, 0.15) is 16.7 Å². The molecule has 0 saturated heterocycles. The summed E-state index contributed by atoms with van der Waals surface area (Å²) in [5.41, 5.74) is 2.64. The molecule has 0 aromatic heterocycles. The highest BCUT2D eigenvalue weighted by Crippen LogP contribution is 2.34. The van der Waals surface area contributed by atoms with Crippen molar-refractivity contribution in [1.82, 2.24) is 5.01 Å². The minimum absolute atomic E-state index is 0.0675. The van der Waals surface area contributed by atoms with E-state index in [2.05, 4.69) is 10.1 Å². The Labute approximate surface area is 229 Å². The van der Waals surface area contributed by atoms with E-state index in [0.717, 1.165) is 5.75 Å². The largest absolute Gasteiger partial charge is 0.493 e. The van der Waals surface area contributed by atoms with Gasteiger partial charge < -0.3 is 14.2 Å². The van der Waals surface area contributed by atoms with Gasteiger partial charge in [-0.1, -0.05) is 53.6 Å². The molecule has 2 aliphatic heterocycles. The van der Waals surface area contributed by atoms with Crippen LogP contribution in [0.15, 0.2) is 82.4 Å². The van der Waals surface area contributed by atoms with E-state index in [9.17, 15) is 4.79 Å². The molecule has 0 fully saturated rings. The zero-order valence-corrected chi connectivity index (χ0v) is 22.2. The fraction of sp³-hybridized carbons (Fsp3) is 0.143. The van der Waals surface area contributed by atoms with E-state index in [0.29, 0.717) is 51.1 Å². The number of amidine groups is 2. The van der Waals surface area contributed by atoms with Crippen LogP contribution in [0.2, 0.25) is 5.02 Å². The van der Waals surface area contributed by atoms with Gasteiger partial charge in [0, 0.05) is 5.56 Å². The summed E-state index contributed by atoms with van der Waals surface area (Å²) in [6.45, 7) is 2.71. The fourth-order valence-corrected chi connectivity index (χ4v) is 4.95. The number of nitrogens with one attached hydrogen (secondary N) is 1. The number of carbonyl (C=O) groups excluding carboxylic acids is 1. The lowest BCUT2D eigenvalue weighted by Crippen LogP contribution is -2.35. The van der Waals surface area contributed by atoms with Gasteiger partial charge in [-0.2, -0.15) is 15.1 Å². The van der Waals surface area contributed by atoms with Crippen molar-refractivity contribution < 1.29 is 19.0 Å². The molecule has 0 atom stereocenters. The molecule has 38 heavy (non-hydrogen) atoms. The molecule has 0 radical (unpaired) electrons. The molecule has 3 aromatic carbocycles. The van der Waals surface area contributed by atoms with Gasteiger partial charge in [0.15, 0.2) is 17.3 Å². The first-order chi connectivity index (χ1) is 18.4. The number of methoxy groups -OCH3 is 1. The molecule has 2 aliphatic rings. The zero-order chi connectivity index (χ0) is 26.6. The number of hydrazone groups is 1. The number of thioether (sulfide) groups is 1. The smallest absolute Gasteiger partial charge is 0.283 e. The lowest BCUT2D eigenvalue weighted by Gasteiger charge is -2.20. The third-order valence-electron chi connectivity index (χ3n) is 5.69. The van der Waals surface area contributed by atoms with Gasteiger partial charge in [-0.3, -0.25) is 10.2 Å². The van der Waals surface area contributed by atoms with Crippen LogP contribution in [-0.4, -0.2) is 47.3 Å². The van der Waals surface area contributed by atoms with E-state index in [1.54, 1.807) is 37.5 Å². The van der Waals surface area contributed by atoms with E-state index in [1.165, 1.54) is 22.3 Å². The van der Waals surface area contributed by atoms with Gasteiger partial charge in [0.1, 0.15) is 24.0 Å². The SMILES string of the molecule is COc1cc(/C=C2\C(=N)N3N=C(c4ccccc4Cl)SC3=NC2=O)ccc1OCCOc1ccc(C)cc1. The van der Waals surface area contributed by atoms with Gasteiger partial charge in [0.05, 0.1) is 17.7 Å². The van der Waals surface area contributed by atoms with Crippen molar-refractivity contribution in [2.24, 2.45) is 10.1 Å². The molecular formula is C28H23ClN4O4S. The number of rotatable bonds is 8. The number of hydrogen-bond acceptors (Lipinski definition) is 7. The summed E-state index contributed by atoms with van der Waals surface area (Å²) in [5, 5.41) is 15.9. The molecule has 0 saturated carbocycles. The number of nitrogens with zero attached hydrogens (tertiary/aromatic N) is 3. The Kier molecular flexibility index (Phi) is 7.48. The molecule has 5 rings (SSSR count). The predicted molar refractivity (Wildman–Crippen MR) is 151 cm³/mol. The van der Waals surface area contributed by atoms with Crippen molar-refractivity contribution in [2.45, 2.75) is 6.92 Å². The maximum absolute atomic E-state index is 12.8. The third kappa shape index (κ3) is 5.44. The normalized spacial score (nSPS) is 15.8. The van der Waals surface area contributed by atoms with Crippen LogP contribution in [0.5, 0.6) is 17.2 Å². The lowest BCUT2D eigenvalue weighted by molar-refractivity contribution is -0.114. The molecular weight excluding hydrogens is 524 g/mol.